The van der Waals surface area contributed by atoms with Crippen LogP contribution in [0.1, 0.15) is 35.2 Å². The molecular formula is C23H21N3. The molecule has 4 aromatic rings. The van der Waals surface area contributed by atoms with Gasteiger partial charge in [-0.2, -0.15) is 0 Å². The molecule has 3 heteroatoms. The Kier molecular flexibility index (Phi) is 3.52. The van der Waals surface area contributed by atoms with Crippen LogP contribution in [0.5, 0.6) is 0 Å². The van der Waals surface area contributed by atoms with Gasteiger partial charge in [-0.3, -0.25) is 0 Å². The number of aryl methyl sites for hydroxylation is 1. The minimum atomic E-state index is 0.256. The molecule has 2 heterocycles. The van der Waals surface area contributed by atoms with Crippen molar-refractivity contribution >= 4 is 17.0 Å². The minimum absolute atomic E-state index is 0.256. The zero-order valence-corrected chi connectivity index (χ0v) is 14.8. The monoisotopic (exact) mass is 339 g/mol. The van der Waals surface area contributed by atoms with Crippen molar-refractivity contribution in [2.75, 3.05) is 5.32 Å². The topological polar surface area (TPSA) is 29.9 Å². The third kappa shape index (κ3) is 2.48. The van der Waals surface area contributed by atoms with E-state index in [0.29, 0.717) is 0 Å². The molecule has 128 valence electrons. The first-order chi connectivity index (χ1) is 12.8. The normalized spacial score (nSPS) is 19.1. The summed E-state index contributed by atoms with van der Waals surface area (Å²) in [6.07, 6.45) is 1.00. The van der Waals surface area contributed by atoms with Gasteiger partial charge >= 0.3 is 0 Å². The first kappa shape index (κ1) is 15.2. The molecule has 0 saturated carbocycles. The quantitative estimate of drug-likeness (QED) is 0.523. The fraction of sp³-hybridized carbons (Fsp3) is 0.174. The van der Waals surface area contributed by atoms with Gasteiger partial charge < -0.3 is 9.88 Å². The van der Waals surface area contributed by atoms with E-state index in [4.69, 9.17) is 4.98 Å². The van der Waals surface area contributed by atoms with Gasteiger partial charge in [0, 0.05) is 0 Å². The molecule has 0 aliphatic carbocycles. The summed E-state index contributed by atoms with van der Waals surface area (Å²) in [6.45, 7) is 2.14. The third-order valence-electron chi connectivity index (χ3n) is 5.33. The van der Waals surface area contributed by atoms with Crippen LogP contribution in [0.2, 0.25) is 0 Å². The fourth-order valence-electron chi connectivity index (χ4n) is 3.98. The maximum Gasteiger partial charge on any atom is 0.204 e. The van der Waals surface area contributed by atoms with Gasteiger partial charge in [0.15, 0.2) is 0 Å². The predicted octanol–water partition coefficient (Wildman–Crippen LogP) is 5.49. The molecule has 0 fully saturated rings. The van der Waals surface area contributed by atoms with Gasteiger partial charge in [0.2, 0.25) is 5.95 Å². The van der Waals surface area contributed by atoms with Crippen molar-refractivity contribution in [3.63, 3.8) is 0 Å². The fourth-order valence-corrected chi connectivity index (χ4v) is 3.98. The van der Waals surface area contributed by atoms with E-state index < -0.39 is 0 Å². The van der Waals surface area contributed by atoms with Crippen LogP contribution in [-0.2, 0) is 0 Å². The lowest BCUT2D eigenvalue weighted by atomic mass is 9.92. The van der Waals surface area contributed by atoms with Gasteiger partial charge in [0.1, 0.15) is 0 Å². The Morgan fingerprint density at radius 3 is 2.38 bits per heavy atom. The number of hydrogen-bond donors (Lipinski definition) is 1. The Labute approximate surface area is 153 Å². The van der Waals surface area contributed by atoms with Crippen LogP contribution < -0.4 is 5.32 Å². The van der Waals surface area contributed by atoms with E-state index in [1.54, 1.807) is 0 Å². The average molecular weight is 339 g/mol. The summed E-state index contributed by atoms with van der Waals surface area (Å²) in [5.74, 6) is 0.955. The number of nitrogens with zero attached hydrogens (tertiary/aromatic N) is 2. The van der Waals surface area contributed by atoms with Crippen LogP contribution in [-0.4, -0.2) is 9.55 Å². The highest BCUT2D eigenvalue weighted by molar-refractivity contribution is 5.79. The first-order valence-corrected chi connectivity index (χ1v) is 9.14. The number of fused-ring (bicyclic) bond motifs is 3. The zero-order valence-electron chi connectivity index (χ0n) is 14.8. The van der Waals surface area contributed by atoms with Crippen LogP contribution >= 0.6 is 0 Å². The minimum Gasteiger partial charge on any atom is -0.349 e. The summed E-state index contributed by atoms with van der Waals surface area (Å²) >= 11 is 0. The highest BCUT2D eigenvalue weighted by atomic mass is 15.3. The Balaban J connectivity index is 1.67. The Hall–Kier alpha value is -3.07. The van der Waals surface area contributed by atoms with E-state index in [2.05, 4.69) is 95.7 Å². The van der Waals surface area contributed by atoms with Crippen molar-refractivity contribution in [3.8, 4) is 0 Å². The first-order valence-electron chi connectivity index (χ1n) is 9.14. The van der Waals surface area contributed by atoms with Crippen LogP contribution in [0.15, 0.2) is 78.9 Å². The van der Waals surface area contributed by atoms with Gasteiger partial charge in [-0.1, -0.05) is 72.3 Å². The molecule has 5 rings (SSSR count). The summed E-state index contributed by atoms with van der Waals surface area (Å²) in [4.78, 5) is 4.87. The van der Waals surface area contributed by atoms with E-state index in [-0.39, 0.29) is 12.1 Å². The molecule has 0 saturated heterocycles. The number of nitrogens with one attached hydrogen (secondary N) is 1. The molecule has 0 bridgehead atoms. The molecule has 1 aliphatic heterocycles. The predicted molar refractivity (Wildman–Crippen MR) is 106 cm³/mol. The van der Waals surface area contributed by atoms with E-state index in [1.165, 1.54) is 22.2 Å². The zero-order chi connectivity index (χ0) is 17.5. The molecule has 1 aromatic heterocycles. The number of aromatic nitrogens is 2. The Morgan fingerprint density at radius 1 is 0.846 bits per heavy atom. The van der Waals surface area contributed by atoms with Gasteiger partial charge in [-0.15, -0.1) is 0 Å². The van der Waals surface area contributed by atoms with Crippen molar-refractivity contribution in [2.24, 2.45) is 0 Å². The van der Waals surface area contributed by atoms with E-state index in [9.17, 15) is 0 Å². The maximum absolute atomic E-state index is 4.87. The lowest BCUT2D eigenvalue weighted by Gasteiger charge is -2.33. The summed E-state index contributed by atoms with van der Waals surface area (Å²) < 4.78 is 2.36. The van der Waals surface area contributed by atoms with Crippen molar-refractivity contribution < 1.29 is 0 Å². The molecule has 1 N–H and O–H groups in total. The highest BCUT2D eigenvalue weighted by Gasteiger charge is 2.30. The summed E-state index contributed by atoms with van der Waals surface area (Å²) in [7, 11) is 0. The van der Waals surface area contributed by atoms with Crippen molar-refractivity contribution in [2.45, 2.75) is 25.4 Å². The van der Waals surface area contributed by atoms with Gasteiger partial charge in [0.05, 0.1) is 23.1 Å². The Morgan fingerprint density at radius 2 is 1.58 bits per heavy atom. The van der Waals surface area contributed by atoms with Crippen molar-refractivity contribution in [1.82, 2.24) is 9.55 Å². The molecule has 1 aliphatic rings. The second-order valence-electron chi connectivity index (χ2n) is 7.06. The molecule has 0 amide bonds. The Bertz CT molecular complexity index is 1050. The summed E-state index contributed by atoms with van der Waals surface area (Å²) in [5.41, 5.74) is 6.16. The van der Waals surface area contributed by atoms with E-state index >= 15 is 0 Å². The number of hydrogen-bond acceptors (Lipinski definition) is 2. The number of rotatable bonds is 2. The molecule has 0 unspecified atom stereocenters. The lowest BCUT2D eigenvalue weighted by Crippen LogP contribution is -2.27. The number of para-hydroxylation sites is 2. The largest absolute Gasteiger partial charge is 0.349 e. The molecule has 3 nitrogen and oxygen atoms in total. The van der Waals surface area contributed by atoms with Crippen LogP contribution in [0.4, 0.5) is 5.95 Å². The molecule has 3 aromatic carbocycles. The lowest BCUT2D eigenvalue weighted by molar-refractivity contribution is 0.477. The molecule has 0 radical (unpaired) electrons. The SMILES string of the molecule is Cc1ccc([C@H]2C[C@@H](c3ccccc3)Nc3nc4ccccc4n32)cc1. The molecule has 2 atom stereocenters. The molecular weight excluding hydrogens is 318 g/mol. The highest BCUT2D eigenvalue weighted by Crippen LogP contribution is 2.40. The van der Waals surface area contributed by atoms with Crippen LogP contribution in [0.3, 0.4) is 0 Å². The third-order valence-corrected chi connectivity index (χ3v) is 5.33. The number of imidazole rings is 1. The number of benzene rings is 3. The average Bonchev–Trinajstić information content (AvgIpc) is 3.07. The second-order valence-corrected chi connectivity index (χ2v) is 7.06. The molecule has 26 heavy (non-hydrogen) atoms. The van der Waals surface area contributed by atoms with E-state index in [1.807, 2.05) is 0 Å². The van der Waals surface area contributed by atoms with Gasteiger partial charge in [-0.05, 0) is 36.6 Å². The van der Waals surface area contributed by atoms with E-state index in [0.717, 1.165) is 17.9 Å². The summed E-state index contributed by atoms with van der Waals surface area (Å²) in [5, 5.41) is 3.67. The van der Waals surface area contributed by atoms with Crippen molar-refractivity contribution in [3.05, 3.63) is 95.6 Å². The second kappa shape index (κ2) is 6.03. The van der Waals surface area contributed by atoms with Gasteiger partial charge in [-0.25, -0.2) is 4.98 Å². The summed E-state index contributed by atoms with van der Waals surface area (Å²) in [6, 6.07) is 28.5. The van der Waals surface area contributed by atoms with Crippen molar-refractivity contribution in [1.29, 1.82) is 0 Å². The standard InChI is InChI=1S/C23H21N3/c1-16-11-13-18(14-12-16)22-15-20(17-7-3-2-4-8-17)25-23-24-19-9-5-6-10-21(19)26(22)23/h2-14,20,22H,15H2,1H3,(H,24,25)/t20-,22+/m0/s1. The van der Waals surface area contributed by atoms with Crippen LogP contribution in [0.25, 0.3) is 11.0 Å². The maximum atomic E-state index is 4.87. The van der Waals surface area contributed by atoms with Gasteiger partial charge in [0.25, 0.3) is 0 Å². The van der Waals surface area contributed by atoms with Crippen LogP contribution in [0, 0.1) is 6.92 Å². The number of anilines is 1. The smallest absolute Gasteiger partial charge is 0.204 e. The molecule has 0 spiro atoms.